The van der Waals surface area contributed by atoms with Gasteiger partial charge in [0, 0.05) is 105 Å². The van der Waals surface area contributed by atoms with Crippen molar-refractivity contribution in [2.45, 2.75) is 57.8 Å². The number of para-hydroxylation sites is 6. The van der Waals surface area contributed by atoms with Crippen LogP contribution in [0.25, 0.3) is 188 Å². The molecule has 3 aliphatic rings. The summed E-state index contributed by atoms with van der Waals surface area (Å²) in [7, 11) is 0. The molecule has 0 atom stereocenters. The smallest absolute Gasteiger partial charge is 0.135 e. The average Bonchev–Trinajstić information content (AvgIpc) is 1.56. The molecule has 0 fully saturated rings. The monoisotopic (exact) mass is 1730 g/mol. The Morgan fingerprint density at radius 2 is 0.407 bits per heavy atom. The number of anilines is 6. The van der Waals surface area contributed by atoms with E-state index >= 15 is 0 Å². The van der Waals surface area contributed by atoms with E-state index in [4.69, 9.17) is 8.83 Å². The van der Waals surface area contributed by atoms with E-state index in [-0.39, 0.29) is 16.2 Å². The lowest BCUT2D eigenvalue weighted by atomic mass is 9.81. The Balaban J connectivity index is 0.000000141. The molecule has 4 heterocycles. The summed E-state index contributed by atoms with van der Waals surface area (Å²) in [4.78, 5) is 4.87. The molecular formula is C129H92N4O2. The van der Waals surface area contributed by atoms with Crippen LogP contribution in [0.3, 0.4) is 0 Å². The molecule has 135 heavy (non-hydrogen) atoms. The van der Waals surface area contributed by atoms with Gasteiger partial charge in [-0.2, -0.15) is 0 Å². The fourth-order valence-electron chi connectivity index (χ4n) is 22.7. The standard InChI is InChI=1S/C66H48N2O.C63H44N2O/c1-65(2)57-37-44(41-14-6-5-7-15-41)24-31-49(57)50-32-28-46(38-58(50)65)67(45-26-22-42(23-27-45)43-25-35-64-56(36-43)55-18-10-13-21-63(55)69-64)47-29-33-51-52-34-30-48(40-60(52)66(3,4)59(51)39-47)68-61-19-11-8-16-53(61)54-17-9-12-20-62(54)68;1-63(2)57-39-46(41-12-4-3-5-13-41)26-35-51(57)52-36-34-50(40-58(52)63)64(48-30-24-44(25-31-48)45-27-37-62-56(38-45)55-16-8-11-19-61(55)66-62)47-28-20-42(21-29-47)43-22-32-49(33-23-43)65-59-17-9-6-14-53(59)54-15-7-10-18-60(54)65/h5-40H,1-4H3;3-40H,1-2H3. The van der Waals surface area contributed by atoms with Crippen molar-refractivity contribution in [1.29, 1.82) is 0 Å². The molecule has 0 radical (unpaired) electrons. The van der Waals surface area contributed by atoms with Crippen LogP contribution in [0, 0.1) is 0 Å². The van der Waals surface area contributed by atoms with Crippen LogP contribution in [0.4, 0.5) is 34.1 Å². The van der Waals surface area contributed by atoms with Crippen LogP contribution in [0.2, 0.25) is 0 Å². The lowest BCUT2D eigenvalue weighted by molar-refractivity contribution is 0.659. The molecule has 0 spiro atoms. The molecule has 0 unspecified atom stereocenters. The van der Waals surface area contributed by atoms with Crippen molar-refractivity contribution in [3.8, 4) is 100 Å². The predicted octanol–water partition coefficient (Wildman–Crippen LogP) is 35.6. The van der Waals surface area contributed by atoms with Crippen molar-refractivity contribution in [2.24, 2.45) is 0 Å². The zero-order valence-electron chi connectivity index (χ0n) is 75.8. The van der Waals surface area contributed by atoms with Crippen molar-refractivity contribution >= 4 is 122 Å². The Kier molecular flexibility index (Phi) is 18.0. The summed E-state index contributed by atoms with van der Waals surface area (Å²) in [6.07, 6.45) is 0. The summed E-state index contributed by atoms with van der Waals surface area (Å²) < 4.78 is 17.2. The fourth-order valence-corrected chi connectivity index (χ4v) is 22.7. The number of benzene rings is 20. The first-order valence-electron chi connectivity index (χ1n) is 47.0. The Bertz CT molecular complexity index is 8820. The van der Waals surface area contributed by atoms with Crippen LogP contribution in [-0.2, 0) is 16.2 Å². The van der Waals surface area contributed by atoms with E-state index in [1.165, 1.54) is 149 Å². The molecule has 0 saturated heterocycles. The van der Waals surface area contributed by atoms with E-state index < -0.39 is 0 Å². The molecule has 0 bridgehead atoms. The number of hydrogen-bond acceptors (Lipinski definition) is 4. The molecular weight excluding hydrogens is 1640 g/mol. The normalized spacial score (nSPS) is 13.4. The molecule has 27 rings (SSSR count). The maximum atomic E-state index is 6.20. The molecule has 6 nitrogen and oxygen atoms in total. The number of furan rings is 2. The van der Waals surface area contributed by atoms with Gasteiger partial charge in [-0.25, -0.2) is 0 Å². The van der Waals surface area contributed by atoms with Gasteiger partial charge in [-0.1, -0.05) is 321 Å². The quantitative estimate of drug-likeness (QED) is 0.115. The summed E-state index contributed by atoms with van der Waals surface area (Å²) in [6, 6.07) is 165. The van der Waals surface area contributed by atoms with Crippen LogP contribution in [0.5, 0.6) is 0 Å². The zero-order valence-corrected chi connectivity index (χ0v) is 75.8. The minimum absolute atomic E-state index is 0.188. The van der Waals surface area contributed by atoms with Crippen LogP contribution < -0.4 is 9.80 Å². The van der Waals surface area contributed by atoms with Crippen LogP contribution in [0.15, 0.2) is 458 Å². The number of fused-ring (bicyclic) bond motifs is 21. The van der Waals surface area contributed by atoms with E-state index in [1.807, 2.05) is 24.3 Å². The number of nitrogens with zero attached hydrogens (tertiary/aromatic N) is 4. The van der Waals surface area contributed by atoms with Crippen molar-refractivity contribution < 1.29 is 8.83 Å². The highest BCUT2D eigenvalue weighted by atomic mass is 16.3. The number of aromatic nitrogens is 2. The molecule has 3 aliphatic carbocycles. The first-order chi connectivity index (χ1) is 66.2. The summed E-state index contributed by atoms with van der Waals surface area (Å²) in [5.74, 6) is 0. The van der Waals surface area contributed by atoms with Crippen LogP contribution >= 0.6 is 0 Å². The van der Waals surface area contributed by atoms with Gasteiger partial charge in [0.2, 0.25) is 0 Å². The average molecular weight is 1730 g/mol. The number of rotatable bonds is 13. The van der Waals surface area contributed by atoms with Gasteiger partial charge in [0.25, 0.3) is 0 Å². The Labute approximate surface area is 784 Å². The summed E-state index contributed by atoms with van der Waals surface area (Å²) in [5.41, 5.74) is 44.8. The Morgan fingerprint density at radius 3 is 0.785 bits per heavy atom. The lowest BCUT2D eigenvalue weighted by Crippen LogP contribution is -2.18. The maximum absolute atomic E-state index is 6.20. The molecule has 640 valence electrons. The van der Waals surface area contributed by atoms with E-state index in [0.717, 1.165) is 106 Å². The van der Waals surface area contributed by atoms with Crippen LogP contribution in [0.1, 0.15) is 74.9 Å². The second-order valence-corrected chi connectivity index (χ2v) is 38.3. The fraction of sp³-hybridized carbons (Fsp3) is 0.0698. The van der Waals surface area contributed by atoms with Gasteiger partial charge < -0.3 is 27.8 Å². The van der Waals surface area contributed by atoms with Gasteiger partial charge in [-0.05, 0) is 292 Å². The molecule has 4 aromatic heterocycles. The molecule has 24 aromatic rings. The van der Waals surface area contributed by atoms with E-state index in [1.54, 1.807) is 0 Å². The van der Waals surface area contributed by atoms with Crippen molar-refractivity contribution in [1.82, 2.24) is 9.13 Å². The highest BCUT2D eigenvalue weighted by Gasteiger charge is 2.41. The Hall–Kier alpha value is -16.8. The minimum atomic E-state index is -0.251. The van der Waals surface area contributed by atoms with Gasteiger partial charge in [0.05, 0.1) is 22.1 Å². The van der Waals surface area contributed by atoms with Gasteiger partial charge in [0.15, 0.2) is 0 Å². The molecule has 0 saturated carbocycles. The molecule has 20 aromatic carbocycles. The molecule has 0 N–H and O–H groups in total. The highest BCUT2D eigenvalue weighted by molar-refractivity contribution is 6.12. The summed E-state index contributed by atoms with van der Waals surface area (Å²) in [6.45, 7) is 14.3. The number of hydrogen-bond donors (Lipinski definition) is 0. The SMILES string of the molecule is CC1(C)c2cc(-c3ccccc3)ccc2-c2ccc(N(c3ccc(-c4ccc(-n5c6ccccc6c6ccccc65)cc4)cc3)c3ccc(-c4ccc5oc6ccccc6c5c4)cc3)cc21.CC1(C)c2cc(-c3ccccc3)ccc2-c2ccc(N(c3ccc(-c4ccc5oc6ccccc6c5c4)cc3)c3ccc4c(c3)C(C)(C)c3cc(-n5c6ccccc6c6ccccc65)ccc3-4)cc21. The van der Waals surface area contributed by atoms with Crippen molar-refractivity contribution in [3.63, 3.8) is 0 Å². The van der Waals surface area contributed by atoms with Gasteiger partial charge >= 0.3 is 0 Å². The third-order valence-corrected chi connectivity index (χ3v) is 29.6. The minimum Gasteiger partial charge on any atom is -0.456 e. The molecule has 0 aliphatic heterocycles. The van der Waals surface area contributed by atoms with E-state index in [2.05, 4.69) is 485 Å². The maximum Gasteiger partial charge on any atom is 0.135 e. The molecule has 6 heteroatoms. The van der Waals surface area contributed by atoms with E-state index in [0.29, 0.717) is 0 Å². The third-order valence-electron chi connectivity index (χ3n) is 29.6. The van der Waals surface area contributed by atoms with Gasteiger partial charge in [-0.3, -0.25) is 0 Å². The second-order valence-electron chi connectivity index (χ2n) is 38.3. The Morgan fingerprint density at radius 1 is 0.170 bits per heavy atom. The lowest BCUT2D eigenvalue weighted by Gasteiger charge is -2.30. The summed E-state index contributed by atoms with van der Waals surface area (Å²) in [5, 5.41) is 9.63. The van der Waals surface area contributed by atoms with Gasteiger partial charge in [0.1, 0.15) is 22.3 Å². The largest absolute Gasteiger partial charge is 0.456 e. The molecule has 0 amide bonds. The first kappa shape index (κ1) is 79.2. The van der Waals surface area contributed by atoms with E-state index in [9.17, 15) is 0 Å². The summed E-state index contributed by atoms with van der Waals surface area (Å²) >= 11 is 0. The van der Waals surface area contributed by atoms with Crippen molar-refractivity contribution in [3.05, 3.63) is 482 Å². The predicted molar refractivity (Wildman–Crippen MR) is 565 cm³/mol. The zero-order chi connectivity index (χ0) is 90.1. The van der Waals surface area contributed by atoms with Crippen LogP contribution in [-0.4, -0.2) is 9.13 Å². The van der Waals surface area contributed by atoms with Crippen molar-refractivity contribution in [2.75, 3.05) is 9.80 Å². The third kappa shape index (κ3) is 12.8. The van der Waals surface area contributed by atoms with Gasteiger partial charge in [-0.15, -0.1) is 0 Å². The first-order valence-corrected chi connectivity index (χ1v) is 47.0. The topological polar surface area (TPSA) is 42.6 Å². The highest BCUT2D eigenvalue weighted by Crippen LogP contribution is 2.57. The second kappa shape index (κ2) is 30.7.